The molecule has 28 N–H and O–H groups in total. The van der Waals surface area contributed by atoms with Crippen molar-refractivity contribution in [3.05, 3.63) is 0 Å². The number of likely N-dealkylation sites (N-methyl/N-ethyl adjacent to an activating group) is 6. The molecule has 0 bridgehead atoms. The summed E-state index contributed by atoms with van der Waals surface area (Å²) in [5, 5.41) is 96.0. The Morgan fingerprint density at radius 1 is 0.339 bits per heavy atom. The third-order valence-corrected chi connectivity index (χ3v) is 29.7. The van der Waals surface area contributed by atoms with Gasteiger partial charge in [0.05, 0.1) is 0 Å². The molecule has 0 saturated carbocycles. The molecule has 5 saturated heterocycles. The van der Waals surface area contributed by atoms with E-state index in [2.05, 4.69) is 10.6 Å². The minimum Gasteiger partial charge on any atom is -0.427 e. The summed E-state index contributed by atoms with van der Waals surface area (Å²) in [4.78, 5) is 83.2. The van der Waals surface area contributed by atoms with E-state index in [9.17, 15) is 42.1 Å². The van der Waals surface area contributed by atoms with Crippen LogP contribution in [0.3, 0.4) is 0 Å². The predicted octanol–water partition coefficient (Wildman–Crippen LogP) is -13.4. The molecule has 0 radical (unpaired) electrons. The Bertz CT molecular complexity index is 3500. The number of hydrogen-bond acceptors (Lipinski definition) is 42. The average Bonchev–Trinajstić information content (AvgIpc) is 1.65. The molecule has 0 spiro atoms. The van der Waals surface area contributed by atoms with Crippen LogP contribution in [-0.2, 0) is 99.0 Å². The van der Waals surface area contributed by atoms with Crippen LogP contribution in [0, 0.1) is 29.6 Å². The molecule has 62 heteroatoms. The van der Waals surface area contributed by atoms with E-state index in [4.69, 9.17) is 144 Å². The number of hydrogen-bond donors (Lipinski definition) is 20. The summed E-state index contributed by atoms with van der Waals surface area (Å²) < 4.78 is 139. The van der Waals surface area contributed by atoms with Gasteiger partial charge in [-0.25, -0.2) is 5.01 Å². The summed E-state index contributed by atoms with van der Waals surface area (Å²) in [6.07, 6.45) is 9.14. The minimum absolute atomic E-state index is 0.00481. The third kappa shape index (κ3) is 52.5. The van der Waals surface area contributed by atoms with Crippen LogP contribution in [0.15, 0.2) is 0 Å². The zero-order valence-electron chi connectivity index (χ0n) is 72.7. The second kappa shape index (κ2) is 71.5. The molecule has 724 valence electrons. The van der Waals surface area contributed by atoms with E-state index in [0.29, 0.717) is 201 Å². The van der Waals surface area contributed by atoms with E-state index in [-0.39, 0.29) is 136 Å². The molecule has 0 amide bonds. The van der Waals surface area contributed by atoms with Gasteiger partial charge in [-0.2, -0.15) is 124 Å². The SMILES string of the molecule is CCN(CCN(C)C)S(=O)(=O)N1C[C@H](CCCB(O)O)[C@@H](N)C1.CCN(CCN)S(=O)(=O)N1C[C@H](CCCB(O)O)[C@@H](N)C1.CCN(CCNC)S(=O)(=O)N1C[C@H](CCCB(O)O)[C@@H](N)C1.CNCCN(N(C)C)S(=O)(=O)N1C[C@H](CCCB(O)O)[C@@H](N)C1.NCCN(N)S(=O)(=O)N1C[C@H](CCCB(O)O)[C@@H](N)C1.O=C=O.O=C=O.O=C=O.O=C=O.O=C=O. The highest BCUT2D eigenvalue weighted by molar-refractivity contribution is 7.87. The lowest BCUT2D eigenvalue weighted by atomic mass is 9.82. The molecule has 124 heavy (non-hydrogen) atoms. The summed E-state index contributed by atoms with van der Waals surface area (Å²) >= 11 is 0. The lowest BCUT2D eigenvalue weighted by Crippen LogP contribution is -2.51. The summed E-state index contributed by atoms with van der Waals surface area (Å²) in [6.45, 7) is 13.8. The molecular weight excluding hydrogens is 1750 g/mol. The zero-order chi connectivity index (χ0) is 96.9. The maximum Gasteiger partial charge on any atom is 0.451 e. The molecule has 0 aromatic heterocycles. The molecule has 5 aliphatic heterocycles. The quantitative estimate of drug-likeness (QED) is 0.0153. The van der Waals surface area contributed by atoms with Crippen molar-refractivity contribution in [3.63, 3.8) is 0 Å². The van der Waals surface area contributed by atoms with Crippen LogP contribution in [0.4, 0.5) is 0 Å². The summed E-state index contributed by atoms with van der Waals surface area (Å²) in [5.41, 5.74) is 41.0. The molecular formula is C62H141B5N22O30S5. The Balaban J connectivity index is -0.000000456. The normalized spacial score (nSPS) is 21.0. The Hall–Kier alpha value is -4.31. The topological polar surface area (TPSA) is 815 Å². The van der Waals surface area contributed by atoms with Crippen molar-refractivity contribution in [2.45, 2.75) is 147 Å². The fourth-order valence-electron chi connectivity index (χ4n) is 13.3. The summed E-state index contributed by atoms with van der Waals surface area (Å²) in [6, 6.07) is -1.12. The number of nitrogens with two attached hydrogens (primary N) is 8. The molecule has 0 aromatic carbocycles. The third-order valence-electron chi connectivity index (χ3n) is 19.8. The van der Waals surface area contributed by atoms with Gasteiger partial charge in [0.1, 0.15) is 0 Å². The van der Waals surface area contributed by atoms with Crippen molar-refractivity contribution in [1.29, 1.82) is 0 Å². The number of carbonyl (C=O) groups excluding carboxylic acids is 10. The monoisotopic (exact) mass is 1890 g/mol. The summed E-state index contributed by atoms with van der Waals surface area (Å²) in [7, 11) is -13.6. The first-order valence-electron chi connectivity index (χ1n) is 40.0. The van der Waals surface area contributed by atoms with Gasteiger partial charge in [0.15, 0.2) is 0 Å². The fraction of sp³-hybridized carbons (Fsp3) is 0.919. The first-order valence-corrected chi connectivity index (χ1v) is 47.0. The molecule has 5 aliphatic rings. The van der Waals surface area contributed by atoms with Crippen LogP contribution in [0.25, 0.3) is 0 Å². The van der Waals surface area contributed by atoms with Gasteiger partial charge in [-0.05, 0) is 121 Å². The largest absolute Gasteiger partial charge is 0.451 e. The van der Waals surface area contributed by atoms with Crippen LogP contribution in [-0.4, -0.2) is 435 Å². The predicted molar refractivity (Wildman–Crippen MR) is 454 cm³/mol. The van der Waals surface area contributed by atoms with Crippen molar-refractivity contribution >= 4 is 117 Å². The van der Waals surface area contributed by atoms with E-state index in [1.807, 2.05) is 32.8 Å². The average molecular weight is 1890 g/mol. The highest BCUT2D eigenvalue weighted by Crippen LogP contribution is 2.30. The van der Waals surface area contributed by atoms with Crippen molar-refractivity contribution in [3.8, 4) is 0 Å². The molecule has 10 atom stereocenters. The van der Waals surface area contributed by atoms with E-state index in [0.717, 1.165) is 4.41 Å². The fourth-order valence-corrected chi connectivity index (χ4v) is 21.6. The van der Waals surface area contributed by atoms with Gasteiger partial charge < -0.3 is 106 Å². The molecule has 0 aromatic rings. The van der Waals surface area contributed by atoms with E-state index >= 15 is 0 Å². The lowest BCUT2D eigenvalue weighted by molar-refractivity contribution is -0.193. The number of hydrazine groups is 2. The van der Waals surface area contributed by atoms with Gasteiger partial charge in [0.25, 0.3) is 51.0 Å². The van der Waals surface area contributed by atoms with Crippen molar-refractivity contribution in [2.24, 2.45) is 75.6 Å². The highest BCUT2D eigenvalue weighted by Gasteiger charge is 2.45. The van der Waals surface area contributed by atoms with E-state index < -0.39 is 86.6 Å². The molecule has 52 nitrogen and oxygen atoms in total. The Morgan fingerprint density at radius 3 is 0.766 bits per heavy atom. The van der Waals surface area contributed by atoms with Gasteiger partial charge in [-0.1, -0.05) is 52.9 Å². The first kappa shape index (κ1) is 128. The standard InChI is InChI=1S/C13H31BN4O4S.C12H30BN5O4S.C12H29BN4O4S.C11H27BN4O4S.C9H24BN5O4S.5CO2/c1-4-17(9-8-16(2)3)23(21,22)18-10-12(13(15)11-18)6-5-7-14(19)20;1-15-7-8-18(16(2)3)23(21,22)17-9-11(12(14)10-17)5-4-6-13(19)20;1-3-16(8-7-15-2)22(20,21)17-9-11(12(14)10-17)5-4-6-13(18)19;1-2-15(7-6-13)21(19,20)16-8-10(11(14)9-16)4-3-5-12(17)18;11-4-5-15(13)20(18,19)14-6-8(9(12)7-14)2-1-3-10(16)17;5*2-1-3/h12-13,19-20H,4-11,15H2,1-3H3;11-12,15,19-20H,4-10,14H2,1-3H3;11-12,15,18-19H,3-10,14H2,1-2H3;10-11,17-18H,2-9,13-14H2,1H3;8-9,16-17H,1-7,11-13H2;;;;;/t12-,13-;2*11-,12-;10-,11-;8-,9-;;;;;/m00000...../s1. The second-order valence-electron chi connectivity index (χ2n) is 29.3. The number of nitrogens with zero attached hydrogens (tertiary/aromatic N) is 12. The molecule has 0 aliphatic carbocycles. The molecule has 5 rings (SSSR count). The van der Waals surface area contributed by atoms with Gasteiger partial charge >= 0.3 is 66.3 Å². The van der Waals surface area contributed by atoms with Crippen LogP contribution in [0.5, 0.6) is 0 Å². The maximum absolute atomic E-state index is 12.8. The Kier molecular flexibility index (Phi) is 73.9. The highest BCUT2D eigenvalue weighted by atomic mass is 32.2. The first-order chi connectivity index (χ1) is 57.9. The molecule has 0 unspecified atom stereocenters. The smallest absolute Gasteiger partial charge is 0.427 e. The van der Waals surface area contributed by atoms with Gasteiger partial charge in [0.2, 0.25) is 0 Å². The van der Waals surface area contributed by atoms with E-state index in [1.54, 1.807) is 40.1 Å². The summed E-state index contributed by atoms with van der Waals surface area (Å²) in [5.74, 6) is 5.71. The van der Waals surface area contributed by atoms with Crippen LogP contribution >= 0.6 is 0 Å². The van der Waals surface area contributed by atoms with Crippen molar-refractivity contribution in [1.82, 2.24) is 63.8 Å². The Morgan fingerprint density at radius 2 is 0.556 bits per heavy atom. The second-order valence-corrected chi connectivity index (χ2v) is 38.8. The Labute approximate surface area is 732 Å². The minimum atomic E-state index is -3.72. The van der Waals surface area contributed by atoms with Gasteiger partial charge in [-0.3, -0.25) is 5.84 Å². The van der Waals surface area contributed by atoms with Gasteiger partial charge in [-0.15, -0.1) is 8.83 Å². The van der Waals surface area contributed by atoms with Crippen LogP contribution in [0.2, 0.25) is 31.6 Å². The van der Waals surface area contributed by atoms with E-state index in [1.165, 1.54) is 38.9 Å². The van der Waals surface area contributed by atoms with Gasteiger partial charge in [0, 0.05) is 195 Å². The number of rotatable bonds is 47. The molecule has 5 fully saturated rings. The van der Waals surface area contributed by atoms with Crippen LogP contribution < -0.4 is 56.6 Å². The van der Waals surface area contributed by atoms with Crippen molar-refractivity contribution < 1.29 is 140 Å². The molecule has 5 heterocycles. The zero-order valence-corrected chi connectivity index (χ0v) is 76.8. The number of nitrogens with one attached hydrogen (secondary N) is 2. The van der Waals surface area contributed by atoms with Crippen molar-refractivity contribution in [2.75, 3.05) is 193 Å². The lowest BCUT2D eigenvalue weighted by Gasteiger charge is -2.31. The maximum atomic E-state index is 12.8. The van der Waals surface area contributed by atoms with Crippen LogP contribution in [0.1, 0.15) is 85.0 Å².